The fraction of sp³-hybridized carbons (Fsp3) is 0. The van der Waals surface area contributed by atoms with Crippen LogP contribution in [0.3, 0.4) is 0 Å². The van der Waals surface area contributed by atoms with Gasteiger partial charge >= 0.3 is 11.9 Å². The van der Waals surface area contributed by atoms with Crippen molar-refractivity contribution in [3.8, 4) is 23.0 Å². The van der Waals surface area contributed by atoms with Gasteiger partial charge in [-0.2, -0.15) is 17.6 Å². The fourth-order valence-electron chi connectivity index (χ4n) is 4.18. The highest BCUT2D eigenvalue weighted by Crippen LogP contribution is 2.33. The van der Waals surface area contributed by atoms with E-state index in [0.29, 0.717) is 0 Å². The van der Waals surface area contributed by atoms with Crippen LogP contribution in [-0.4, -0.2) is 34.6 Å². The Morgan fingerprint density at radius 3 is 1.12 bits per heavy atom. The van der Waals surface area contributed by atoms with Crippen molar-refractivity contribution in [1.82, 2.24) is 0 Å². The van der Waals surface area contributed by atoms with Crippen molar-refractivity contribution in [3.05, 3.63) is 141 Å². The van der Waals surface area contributed by atoms with E-state index in [0.717, 1.165) is 48.8 Å². The number of hydrogen-bond donors (Lipinski definition) is 2. The zero-order valence-corrected chi connectivity index (χ0v) is 25.1. The first-order valence-electron chi connectivity index (χ1n) is 13.9. The lowest BCUT2D eigenvalue weighted by Gasteiger charge is -2.10. The zero-order valence-electron chi connectivity index (χ0n) is 25.1. The number of phenolic OH excluding ortho intramolecular Hbond substituents is 2. The highest BCUT2D eigenvalue weighted by atomic mass is 19.2. The first-order valence-corrected chi connectivity index (χ1v) is 13.9. The fourth-order valence-corrected chi connectivity index (χ4v) is 4.18. The van der Waals surface area contributed by atoms with Gasteiger partial charge in [0.05, 0.1) is 22.5 Å². The SMILES string of the molecule is O=C(Oc1c(F)c(F)c(F)c(F)c1F)c1ccc(O)c(C=Nc2ccccc2N=Cc2cc(C(=O)Oc3c(F)c(F)c(F)c(F)c3F)ccc2O)c1. The molecule has 0 saturated heterocycles. The molecule has 52 heavy (non-hydrogen) atoms. The van der Waals surface area contributed by atoms with Crippen molar-refractivity contribution in [1.29, 1.82) is 0 Å². The monoisotopic (exact) mass is 736 g/mol. The number of aliphatic imine (C=N–C) groups is 2. The maximum Gasteiger partial charge on any atom is 0.343 e. The summed E-state index contributed by atoms with van der Waals surface area (Å²) in [6.07, 6.45) is 1.98. The molecule has 5 aromatic carbocycles. The van der Waals surface area contributed by atoms with Crippen LogP contribution in [0.1, 0.15) is 31.8 Å². The van der Waals surface area contributed by atoms with Crippen molar-refractivity contribution in [2.75, 3.05) is 0 Å². The van der Waals surface area contributed by atoms with Crippen molar-refractivity contribution in [2.24, 2.45) is 9.98 Å². The molecule has 0 unspecified atom stereocenters. The van der Waals surface area contributed by atoms with Gasteiger partial charge in [-0.25, -0.2) is 35.9 Å². The molecule has 0 aliphatic carbocycles. The quantitative estimate of drug-likeness (QED) is 0.0413. The van der Waals surface area contributed by atoms with Crippen LogP contribution >= 0.6 is 0 Å². The number of phenols is 2. The number of esters is 2. The summed E-state index contributed by atoms with van der Waals surface area (Å²) in [4.78, 5) is 33.3. The molecule has 8 nitrogen and oxygen atoms in total. The van der Waals surface area contributed by atoms with Crippen LogP contribution in [-0.2, 0) is 0 Å². The smallest absolute Gasteiger partial charge is 0.343 e. The van der Waals surface area contributed by atoms with Gasteiger partial charge in [-0.1, -0.05) is 12.1 Å². The molecule has 5 rings (SSSR count). The summed E-state index contributed by atoms with van der Waals surface area (Å²) in [5, 5.41) is 20.5. The molecular formula is C34H14F10N2O6. The molecule has 2 N–H and O–H groups in total. The van der Waals surface area contributed by atoms with Gasteiger partial charge in [0.1, 0.15) is 11.5 Å². The molecule has 0 aromatic heterocycles. The van der Waals surface area contributed by atoms with Crippen LogP contribution in [0.2, 0.25) is 0 Å². The Kier molecular flexibility index (Phi) is 10.3. The third kappa shape index (κ3) is 7.11. The third-order valence-corrected chi connectivity index (χ3v) is 6.82. The topological polar surface area (TPSA) is 118 Å². The van der Waals surface area contributed by atoms with Crippen molar-refractivity contribution in [3.63, 3.8) is 0 Å². The number of rotatable bonds is 8. The Morgan fingerprint density at radius 2 is 0.788 bits per heavy atom. The average Bonchev–Trinajstić information content (AvgIpc) is 3.14. The van der Waals surface area contributed by atoms with E-state index in [4.69, 9.17) is 0 Å². The molecule has 0 bridgehead atoms. The molecular weight excluding hydrogens is 722 g/mol. The van der Waals surface area contributed by atoms with Crippen LogP contribution in [0, 0.1) is 58.2 Å². The normalized spacial score (nSPS) is 11.4. The molecule has 0 atom stereocenters. The predicted molar refractivity (Wildman–Crippen MR) is 160 cm³/mol. The predicted octanol–water partition coefficient (Wildman–Crippen LogP) is 8.43. The summed E-state index contributed by atoms with van der Waals surface area (Å²) in [6.45, 7) is 0. The van der Waals surface area contributed by atoms with Crippen LogP contribution in [0.25, 0.3) is 0 Å². The van der Waals surface area contributed by atoms with Crippen LogP contribution in [0.15, 0.2) is 70.6 Å². The van der Waals surface area contributed by atoms with Gasteiger partial charge in [-0.05, 0) is 48.5 Å². The number of carbonyl (C=O) groups is 2. The number of hydrogen-bond acceptors (Lipinski definition) is 8. The standard InChI is InChI=1S/C34H14F10N2O6/c35-21-23(37)27(41)31(28(42)24(21)38)51-33(49)13-5-7-19(47)15(9-13)11-45-17-3-1-2-4-18(17)46-12-16-10-14(6-8-20(16)48)34(50)52-32-29(43)25(39)22(36)26(40)30(32)44/h1-12,47-48H. The zero-order chi connectivity index (χ0) is 38.0. The van der Waals surface area contributed by atoms with E-state index in [1.165, 1.54) is 24.3 Å². The minimum atomic E-state index is -2.47. The second kappa shape index (κ2) is 14.6. The van der Waals surface area contributed by atoms with Gasteiger partial charge < -0.3 is 19.7 Å². The van der Waals surface area contributed by atoms with E-state index in [9.17, 15) is 63.7 Å². The first kappa shape index (κ1) is 36.6. The maximum absolute atomic E-state index is 14.0. The van der Waals surface area contributed by atoms with Gasteiger partial charge in [0.15, 0.2) is 0 Å². The molecule has 266 valence electrons. The van der Waals surface area contributed by atoms with Crippen LogP contribution < -0.4 is 9.47 Å². The summed E-state index contributed by atoms with van der Waals surface area (Å²) < 4.78 is 146. The van der Waals surface area contributed by atoms with E-state index in [2.05, 4.69) is 19.5 Å². The Labute approximate surface area is 283 Å². The molecule has 5 aromatic rings. The third-order valence-electron chi connectivity index (χ3n) is 6.82. The van der Waals surface area contributed by atoms with Gasteiger partial charge in [0.2, 0.25) is 69.7 Å². The van der Waals surface area contributed by atoms with Crippen LogP contribution in [0.4, 0.5) is 55.3 Å². The number of carbonyl (C=O) groups excluding carboxylic acids is 2. The number of aromatic hydroxyl groups is 2. The largest absolute Gasteiger partial charge is 0.507 e. The Morgan fingerprint density at radius 1 is 0.481 bits per heavy atom. The summed E-state index contributed by atoms with van der Waals surface area (Å²) in [5.74, 6) is -31.7. The molecule has 0 heterocycles. The van der Waals surface area contributed by atoms with Gasteiger partial charge in [-0.3, -0.25) is 9.98 Å². The van der Waals surface area contributed by atoms with E-state index in [1.54, 1.807) is 0 Å². The molecule has 18 heteroatoms. The Bertz CT molecular complexity index is 2130. The second-order valence-corrected chi connectivity index (χ2v) is 10.1. The molecule has 0 amide bonds. The van der Waals surface area contributed by atoms with Gasteiger partial charge in [0.25, 0.3) is 0 Å². The van der Waals surface area contributed by atoms with Crippen molar-refractivity contribution in [2.45, 2.75) is 0 Å². The van der Waals surface area contributed by atoms with E-state index in [1.807, 2.05) is 0 Å². The lowest BCUT2D eigenvalue weighted by atomic mass is 10.1. The average molecular weight is 736 g/mol. The molecule has 0 saturated carbocycles. The summed E-state index contributed by atoms with van der Waals surface area (Å²) in [7, 11) is 0. The molecule has 0 spiro atoms. The summed E-state index contributed by atoms with van der Waals surface area (Å²) >= 11 is 0. The highest BCUT2D eigenvalue weighted by Gasteiger charge is 2.30. The summed E-state index contributed by atoms with van der Waals surface area (Å²) in [6, 6.07) is 11.3. The van der Waals surface area contributed by atoms with Crippen molar-refractivity contribution >= 4 is 35.7 Å². The highest BCUT2D eigenvalue weighted by molar-refractivity contribution is 5.97. The number of nitrogens with zero attached hydrogens (tertiary/aromatic N) is 2. The van der Waals surface area contributed by atoms with E-state index < -0.39 is 104 Å². The van der Waals surface area contributed by atoms with E-state index in [-0.39, 0.29) is 22.5 Å². The van der Waals surface area contributed by atoms with Gasteiger partial charge in [0, 0.05) is 23.6 Å². The van der Waals surface area contributed by atoms with Crippen molar-refractivity contribution < 1.29 is 73.2 Å². The maximum atomic E-state index is 14.0. The molecule has 0 radical (unpaired) electrons. The summed E-state index contributed by atoms with van der Waals surface area (Å²) in [5.41, 5.74) is -1.30. The Balaban J connectivity index is 1.38. The van der Waals surface area contributed by atoms with Gasteiger partial charge in [-0.15, -0.1) is 0 Å². The number of ether oxygens (including phenoxy) is 2. The Hall–Kier alpha value is -6.72. The number of benzene rings is 5. The number of halogens is 10. The number of para-hydroxylation sites is 2. The lowest BCUT2D eigenvalue weighted by molar-refractivity contribution is 0.0707. The molecule has 0 fully saturated rings. The molecule has 0 aliphatic heterocycles. The minimum Gasteiger partial charge on any atom is -0.507 e. The minimum absolute atomic E-state index is 0.0638. The first-order chi connectivity index (χ1) is 24.6. The second-order valence-electron chi connectivity index (χ2n) is 10.1. The molecule has 0 aliphatic rings. The van der Waals surface area contributed by atoms with Crippen LogP contribution in [0.5, 0.6) is 23.0 Å². The van der Waals surface area contributed by atoms with E-state index >= 15 is 0 Å². The lowest BCUT2D eigenvalue weighted by Crippen LogP contribution is -2.14.